The van der Waals surface area contributed by atoms with Gasteiger partial charge in [0.1, 0.15) is 18.2 Å². The van der Waals surface area contributed by atoms with Crippen molar-refractivity contribution in [2.45, 2.75) is 5.16 Å². The van der Waals surface area contributed by atoms with Crippen LogP contribution in [0.2, 0.25) is 0 Å². The molecule has 2 N–H and O–H groups in total. The molecule has 0 aliphatic heterocycles. The van der Waals surface area contributed by atoms with E-state index < -0.39 is 5.97 Å². The molecule has 0 fully saturated rings. The van der Waals surface area contributed by atoms with Gasteiger partial charge in [0.2, 0.25) is 11.1 Å². The molecule has 0 saturated heterocycles. The number of carbonyl (C=O) groups is 2. The van der Waals surface area contributed by atoms with Gasteiger partial charge in [-0.25, -0.2) is 9.37 Å². The summed E-state index contributed by atoms with van der Waals surface area (Å²) in [7, 11) is 1.25. The zero-order valence-corrected chi connectivity index (χ0v) is 13.6. The van der Waals surface area contributed by atoms with Crippen molar-refractivity contribution < 1.29 is 18.7 Å². The van der Waals surface area contributed by atoms with Crippen molar-refractivity contribution >= 4 is 35.8 Å². The van der Waals surface area contributed by atoms with Gasteiger partial charge in [-0.05, 0) is 23.8 Å². The molecule has 0 aliphatic rings. The number of hydrogen-bond acceptors (Lipinski definition) is 6. The fourth-order valence-electron chi connectivity index (χ4n) is 1.57. The number of rotatable bonds is 7. The number of benzene rings is 1. The molecule has 0 atom stereocenters. The van der Waals surface area contributed by atoms with Gasteiger partial charge in [0.15, 0.2) is 0 Å². The summed E-state index contributed by atoms with van der Waals surface area (Å²) in [5, 5.41) is 9.51. The van der Waals surface area contributed by atoms with Gasteiger partial charge in [-0.15, -0.1) is 5.10 Å². The molecule has 24 heavy (non-hydrogen) atoms. The smallest absolute Gasteiger partial charge is 0.325 e. The van der Waals surface area contributed by atoms with Crippen LogP contribution in [0.5, 0.6) is 0 Å². The molecule has 0 radical (unpaired) electrons. The highest BCUT2D eigenvalue weighted by Gasteiger charge is 2.08. The molecule has 0 saturated carbocycles. The second kappa shape index (κ2) is 8.82. The standard InChI is InChI=1S/C15H15FN4O3S/c1-23-14(22)8-17-13(21)9-24-15-18-12(19-20-15)7-4-10-2-5-11(16)6-3-10/h2-7H,8-9H2,1H3,(H,17,21)(H,18,19,20). The first-order valence-corrected chi connectivity index (χ1v) is 7.88. The van der Waals surface area contributed by atoms with E-state index in [-0.39, 0.29) is 24.0 Å². The molecule has 1 heterocycles. The summed E-state index contributed by atoms with van der Waals surface area (Å²) in [6.45, 7) is -0.171. The molecule has 1 amide bonds. The lowest BCUT2D eigenvalue weighted by atomic mass is 10.2. The Kier molecular flexibility index (Phi) is 6.50. The number of aromatic amines is 1. The van der Waals surface area contributed by atoms with Crippen molar-refractivity contribution in [1.29, 1.82) is 0 Å². The highest BCUT2D eigenvalue weighted by atomic mass is 32.2. The summed E-state index contributed by atoms with van der Waals surface area (Å²) in [5.41, 5.74) is 0.823. The fourth-order valence-corrected chi connectivity index (χ4v) is 2.21. The SMILES string of the molecule is COC(=O)CNC(=O)CSc1n[nH]c(C=Cc2ccc(F)cc2)n1. The van der Waals surface area contributed by atoms with Crippen LogP contribution in [0.4, 0.5) is 4.39 Å². The van der Waals surface area contributed by atoms with E-state index in [0.717, 1.165) is 17.3 Å². The van der Waals surface area contributed by atoms with Gasteiger partial charge in [0.05, 0.1) is 12.9 Å². The second-order valence-corrected chi connectivity index (χ2v) is 5.47. The summed E-state index contributed by atoms with van der Waals surface area (Å²) < 4.78 is 17.2. The molecule has 0 aliphatic carbocycles. The number of thioether (sulfide) groups is 1. The Bertz CT molecular complexity index is 731. The number of hydrogen-bond donors (Lipinski definition) is 2. The number of aromatic nitrogens is 3. The van der Waals surface area contributed by atoms with Crippen molar-refractivity contribution in [2.24, 2.45) is 0 Å². The third-order valence-electron chi connectivity index (χ3n) is 2.78. The largest absolute Gasteiger partial charge is 0.468 e. The molecule has 1 aromatic heterocycles. The Balaban J connectivity index is 1.81. The molecule has 0 bridgehead atoms. The van der Waals surface area contributed by atoms with Gasteiger partial charge in [0.25, 0.3) is 0 Å². The van der Waals surface area contributed by atoms with Crippen LogP contribution < -0.4 is 5.32 Å². The van der Waals surface area contributed by atoms with Gasteiger partial charge >= 0.3 is 5.97 Å². The minimum absolute atomic E-state index is 0.0793. The van der Waals surface area contributed by atoms with Crippen LogP contribution in [0.25, 0.3) is 12.2 Å². The van der Waals surface area contributed by atoms with Crippen LogP contribution in [0.15, 0.2) is 29.4 Å². The number of amides is 1. The second-order valence-electron chi connectivity index (χ2n) is 4.53. The van der Waals surface area contributed by atoms with Crippen molar-refractivity contribution in [2.75, 3.05) is 19.4 Å². The number of H-pyrrole nitrogens is 1. The van der Waals surface area contributed by atoms with E-state index in [1.807, 2.05) is 0 Å². The summed E-state index contributed by atoms with van der Waals surface area (Å²) >= 11 is 1.13. The molecule has 2 rings (SSSR count). The zero-order chi connectivity index (χ0) is 17.4. The summed E-state index contributed by atoms with van der Waals surface area (Å²) in [6, 6.07) is 6.02. The Hall–Kier alpha value is -2.68. The predicted octanol–water partition coefficient (Wildman–Crippen LogP) is 1.50. The van der Waals surface area contributed by atoms with Crippen LogP contribution in [0, 0.1) is 5.82 Å². The number of ether oxygens (including phenoxy) is 1. The number of nitrogens with zero attached hydrogens (tertiary/aromatic N) is 2. The van der Waals surface area contributed by atoms with E-state index >= 15 is 0 Å². The predicted molar refractivity (Wildman–Crippen MR) is 87.5 cm³/mol. The Morgan fingerprint density at radius 2 is 2.08 bits per heavy atom. The van der Waals surface area contributed by atoms with E-state index in [1.54, 1.807) is 24.3 Å². The molecule has 0 spiro atoms. The van der Waals surface area contributed by atoms with Crippen LogP contribution in [-0.4, -0.2) is 46.5 Å². The third kappa shape index (κ3) is 5.84. The quantitative estimate of drug-likeness (QED) is 0.580. The molecular weight excluding hydrogens is 335 g/mol. The minimum Gasteiger partial charge on any atom is -0.468 e. The highest BCUT2D eigenvalue weighted by molar-refractivity contribution is 7.99. The molecule has 2 aromatic rings. The Morgan fingerprint density at radius 3 is 2.79 bits per heavy atom. The van der Waals surface area contributed by atoms with Crippen molar-refractivity contribution in [3.8, 4) is 0 Å². The van der Waals surface area contributed by atoms with Gasteiger partial charge in [-0.1, -0.05) is 30.0 Å². The van der Waals surface area contributed by atoms with E-state index in [1.165, 1.54) is 19.2 Å². The maximum atomic E-state index is 12.8. The molecule has 0 unspecified atom stereocenters. The fraction of sp³-hybridized carbons (Fsp3) is 0.200. The number of halogens is 1. The molecule has 9 heteroatoms. The topological polar surface area (TPSA) is 97.0 Å². The van der Waals surface area contributed by atoms with Crippen molar-refractivity contribution in [1.82, 2.24) is 20.5 Å². The molecule has 1 aromatic carbocycles. The average molecular weight is 350 g/mol. The van der Waals surface area contributed by atoms with Crippen LogP contribution in [0.1, 0.15) is 11.4 Å². The first kappa shape index (κ1) is 17.7. The van der Waals surface area contributed by atoms with E-state index in [2.05, 4.69) is 25.2 Å². The Labute approximate surface area is 141 Å². The maximum Gasteiger partial charge on any atom is 0.325 e. The normalized spacial score (nSPS) is 10.8. The van der Waals surface area contributed by atoms with E-state index in [0.29, 0.717) is 11.0 Å². The van der Waals surface area contributed by atoms with Crippen LogP contribution in [-0.2, 0) is 14.3 Å². The maximum absolute atomic E-state index is 12.8. The van der Waals surface area contributed by atoms with E-state index in [9.17, 15) is 14.0 Å². The first-order valence-electron chi connectivity index (χ1n) is 6.89. The van der Waals surface area contributed by atoms with Gasteiger partial charge in [0, 0.05) is 0 Å². The van der Waals surface area contributed by atoms with E-state index in [4.69, 9.17) is 0 Å². The summed E-state index contributed by atoms with van der Waals surface area (Å²) in [6.07, 6.45) is 3.46. The Morgan fingerprint density at radius 1 is 1.33 bits per heavy atom. The lowest BCUT2D eigenvalue weighted by molar-refractivity contribution is -0.140. The lowest BCUT2D eigenvalue weighted by Gasteiger charge is -2.01. The van der Waals surface area contributed by atoms with Crippen LogP contribution >= 0.6 is 11.8 Å². The van der Waals surface area contributed by atoms with Crippen molar-refractivity contribution in [3.05, 3.63) is 41.5 Å². The van der Waals surface area contributed by atoms with Gasteiger partial charge < -0.3 is 10.1 Å². The number of carbonyl (C=O) groups excluding carboxylic acids is 2. The molecular formula is C15H15FN4O3S. The third-order valence-corrected chi connectivity index (χ3v) is 3.62. The monoisotopic (exact) mass is 350 g/mol. The van der Waals surface area contributed by atoms with Gasteiger partial charge in [-0.2, -0.15) is 0 Å². The number of methoxy groups -OCH3 is 1. The molecule has 7 nitrogen and oxygen atoms in total. The number of nitrogens with one attached hydrogen (secondary N) is 2. The molecule has 126 valence electrons. The van der Waals surface area contributed by atoms with Crippen LogP contribution in [0.3, 0.4) is 0 Å². The van der Waals surface area contributed by atoms with Gasteiger partial charge in [-0.3, -0.25) is 14.7 Å². The lowest BCUT2D eigenvalue weighted by Crippen LogP contribution is -2.31. The number of esters is 1. The summed E-state index contributed by atoms with van der Waals surface area (Å²) in [5.74, 6) is -0.540. The zero-order valence-electron chi connectivity index (χ0n) is 12.8. The first-order chi connectivity index (χ1) is 11.6. The highest BCUT2D eigenvalue weighted by Crippen LogP contribution is 2.13. The van der Waals surface area contributed by atoms with Crippen molar-refractivity contribution in [3.63, 3.8) is 0 Å². The minimum atomic E-state index is -0.514. The summed E-state index contributed by atoms with van der Waals surface area (Å²) in [4.78, 5) is 26.6. The average Bonchev–Trinajstić information content (AvgIpc) is 3.05.